The van der Waals surface area contributed by atoms with Gasteiger partial charge in [-0.2, -0.15) is 13.2 Å². The minimum atomic E-state index is -4.90. The third kappa shape index (κ3) is 4.23. The van der Waals surface area contributed by atoms with Crippen molar-refractivity contribution in [3.63, 3.8) is 0 Å². The van der Waals surface area contributed by atoms with Gasteiger partial charge in [0.05, 0.1) is 12.9 Å². The van der Waals surface area contributed by atoms with Crippen LogP contribution in [0, 0.1) is 0 Å². The second kappa shape index (κ2) is 7.50. The number of anilines is 1. The smallest absolute Gasteiger partial charge is 0.429 e. The van der Waals surface area contributed by atoms with Gasteiger partial charge in [-0.15, -0.1) is 0 Å². The average molecular weight is 437 g/mol. The average Bonchev–Trinajstić information content (AvgIpc) is 3.14. The number of fused-ring (bicyclic) bond motifs is 1. The lowest BCUT2D eigenvalue weighted by Gasteiger charge is -2.23. The third-order valence-corrected chi connectivity index (χ3v) is 4.04. The van der Waals surface area contributed by atoms with Gasteiger partial charge in [0, 0.05) is 0 Å². The maximum atomic E-state index is 15.1. The van der Waals surface area contributed by atoms with Crippen LogP contribution >= 0.6 is 0 Å². The molecule has 1 aliphatic heterocycles. The summed E-state index contributed by atoms with van der Waals surface area (Å²) >= 11 is 0. The molecular weight excluding hydrogens is 418 g/mol. The van der Waals surface area contributed by atoms with E-state index >= 15 is 4.39 Å². The first-order valence-electron chi connectivity index (χ1n) is 8.69. The molecule has 14 heteroatoms. The summed E-state index contributed by atoms with van der Waals surface area (Å²) in [6, 6.07) is 0. The van der Waals surface area contributed by atoms with E-state index in [0.29, 0.717) is 0 Å². The predicted molar refractivity (Wildman–Crippen MR) is 91.7 cm³/mol. The number of aromatic nitrogens is 4. The molecule has 10 nitrogen and oxygen atoms in total. The summed E-state index contributed by atoms with van der Waals surface area (Å²) < 4.78 is 70.3. The predicted octanol–water partition coefficient (Wildman–Crippen LogP) is 1.98. The van der Waals surface area contributed by atoms with Crippen molar-refractivity contribution in [3.05, 3.63) is 12.2 Å². The van der Waals surface area contributed by atoms with Crippen molar-refractivity contribution in [3.8, 4) is 0 Å². The largest absolute Gasteiger partial charge is 0.509 e. The summed E-state index contributed by atoms with van der Waals surface area (Å²) in [6.07, 6.45) is -11.7. The molecule has 0 amide bonds. The molecule has 0 aliphatic carbocycles. The summed E-state index contributed by atoms with van der Waals surface area (Å²) in [5.41, 5.74) is 3.97. The van der Waals surface area contributed by atoms with Gasteiger partial charge < -0.3 is 25.1 Å². The topological polar surface area (TPSA) is 135 Å². The molecule has 3 rings (SSSR count). The molecule has 0 unspecified atom stereocenters. The number of carbonyl (C=O) groups excluding carboxylic acids is 1. The Morgan fingerprint density at radius 1 is 1.33 bits per heavy atom. The van der Waals surface area contributed by atoms with E-state index in [0.717, 1.165) is 10.9 Å². The highest BCUT2D eigenvalue weighted by Crippen LogP contribution is 2.37. The van der Waals surface area contributed by atoms with Crippen LogP contribution < -0.4 is 5.73 Å². The minimum Gasteiger partial charge on any atom is -0.429 e. The van der Waals surface area contributed by atoms with Gasteiger partial charge >= 0.3 is 12.3 Å². The van der Waals surface area contributed by atoms with Gasteiger partial charge in [0.1, 0.15) is 17.2 Å². The van der Waals surface area contributed by atoms with Crippen molar-refractivity contribution in [2.75, 3.05) is 12.3 Å². The first kappa shape index (κ1) is 22.0. The Balaban J connectivity index is 1.93. The van der Waals surface area contributed by atoms with E-state index in [1.807, 2.05) is 0 Å². The van der Waals surface area contributed by atoms with E-state index in [9.17, 15) is 23.1 Å². The van der Waals surface area contributed by atoms with Crippen LogP contribution in [0.5, 0.6) is 0 Å². The van der Waals surface area contributed by atoms with E-state index in [2.05, 4.69) is 15.0 Å². The number of halogens is 4. The summed E-state index contributed by atoms with van der Waals surface area (Å²) in [5.74, 6) is -2.09. The highest BCUT2D eigenvalue weighted by molar-refractivity contribution is 5.81. The number of carbonyl (C=O) groups is 1. The van der Waals surface area contributed by atoms with Gasteiger partial charge in [-0.1, -0.05) is 0 Å². The Morgan fingerprint density at radius 2 is 2.00 bits per heavy atom. The van der Waals surface area contributed by atoms with Crippen LogP contribution in [0.2, 0.25) is 0 Å². The van der Waals surface area contributed by atoms with E-state index in [1.165, 1.54) is 0 Å². The van der Waals surface area contributed by atoms with Crippen molar-refractivity contribution < 1.29 is 41.7 Å². The van der Waals surface area contributed by atoms with Crippen LogP contribution in [0.15, 0.2) is 6.33 Å². The van der Waals surface area contributed by atoms with Crippen LogP contribution in [0.4, 0.5) is 28.2 Å². The van der Waals surface area contributed by atoms with Gasteiger partial charge in [-0.05, 0) is 20.8 Å². The summed E-state index contributed by atoms with van der Waals surface area (Å²) in [5, 5.41) is 9.48. The lowest BCUT2D eigenvalue weighted by molar-refractivity contribution is -0.144. The second-order valence-corrected chi connectivity index (χ2v) is 7.49. The Hall–Kier alpha value is -2.74. The van der Waals surface area contributed by atoms with Crippen molar-refractivity contribution in [2.45, 2.75) is 57.2 Å². The van der Waals surface area contributed by atoms with E-state index < -0.39 is 66.4 Å². The first-order valence-corrected chi connectivity index (χ1v) is 8.69. The molecule has 3 N–H and O–H groups in total. The fraction of sp³-hybridized carbons (Fsp3) is 0.625. The molecule has 1 saturated heterocycles. The fourth-order valence-corrected chi connectivity index (χ4v) is 2.84. The lowest BCUT2D eigenvalue weighted by atomic mass is 10.1. The molecule has 0 bridgehead atoms. The monoisotopic (exact) mass is 437 g/mol. The number of nitrogens with zero attached hydrogens (tertiary/aromatic N) is 4. The molecule has 0 radical (unpaired) electrons. The van der Waals surface area contributed by atoms with Crippen molar-refractivity contribution >= 4 is 23.1 Å². The third-order valence-electron chi connectivity index (χ3n) is 4.04. The first-order chi connectivity index (χ1) is 13.8. The highest BCUT2D eigenvalue weighted by atomic mass is 19.4. The van der Waals surface area contributed by atoms with Crippen LogP contribution in [-0.4, -0.2) is 61.4 Å². The molecule has 0 saturated carbocycles. The van der Waals surface area contributed by atoms with E-state index in [4.69, 9.17) is 19.9 Å². The number of ether oxygens (including phenoxy) is 3. The Labute approximate surface area is 166 Å². The molecule has 2 aromatic heterocycles. The second-order valence-electron chi connectivity index (χ2n) is 7.49. The molecular formula is C16H19F4N5O5. The molecule has 166 valence electrons. The molecule has 2 aromatic rings. The quantitative estimate of drug-likeness (QED) is 0.546. The number of hydrogen-bond acceptors (Lipinski definition) is 9. The maximum absolute atomic E-state index is 15.1. The summed E-state index contributed by atoms with van der Waals surface area (Å²) in [7, 11) is 0. The molecule has 0 spiro atoms. The molecule has 1 fully saturated rings. The number of nitrogen functional groups attached to an aromatic ring is 1. The zero-order valence-electron chi connectivity index (χ0n) is 16.1. The van der Waals surface area contributed by atoms with Crippen LogP contribution in [-0.2, 0) is 20.4 Å². The van der Waals surface area contributed by atoms with E-state index in [-0.39, 0.29) is 5.52 Å². The summed E-state index contributed by atoms with van der Waals surface area (Å²) in [6.45, 7) is 3.97. The molecule has 0 aromatic carbocycles. The lowest BCUT2D eigenvalue weighted by Crippen LogP contribution is -2.37. The Morgan fingerprint density at radius 3 is 2.57 bits per heavy atom. The van der Waals surface area contributed by atoms with Crippen LogP contribution in [0.25, 0.3) is 11.2 Å². The number of hydrogen-bond donors (Lipinski definition) is 2. The number of alkyl halides is 4. The number of aliphatic hydroxyl groups excluding tert-OH is 1. The maximum Gasteiger partial charge on any atom is 0.509 e. The normalized spacial score (nSPS) is 24.9. The standard InChI is InChI=1S/C16H19F4N5O5/c1-15(2,3)30-14(27)29-9-6(4-26)28-12(7(9)17)25-5-22-8-10(21)23-13(16(18,19)20)24-11(8)25/h5-7,9,12,26H,4H2,1-3H3,(H2,21,23,24)/t6-,7+,9-,12-/m1/s1. The molecule has 30 heavy (non-hydrogen) atoms. The minimum absolute atomic E-state index is 0.198. The van der Waals surface area contributed by atoms with Gasteiger partial charge in [-0.3, -0.25) is 4.57 Å². The van der Waals surface area contributed by atoms with E-state index in [1.54, 1.807) is 20.8 Å². The van der Waals surface area contributed by atoms with Gasteiger partial charge in [0.25, 0.3) is 0 Å². The summed E-state index contributed by atoms with van der Waals surface area (Å²) in [4.78, 5) is 22.2. The van der Waals surface area contributed by atoms with Gasteiger partial charge in [0.2, 0.25) is 5.82 Å². The number of imidazole rings is 1. The van der Waals surface area contributed by atoms with Crippen molar-refractivity contribution in [2.24, 2.45) is 0 Å². The van der Waals surface area contributed by atoms with Gasteiger partial charge in [-0.25, -0.2) is 24.1 Å². The molecule has 3 heterocycles. The van der Waals surface area contributed by atoms with Crippen LogP contribution in [0.3, 0.4) is 0 Å². The highest BCUT2D eigenvalue weighted by Gasteiger charge is 2.49. The molecule has 4 atom stereocenters. The Kier molecular flexibility index (Phi) is 5.49. The number of rotatable bonds is 3. The fourth-order valence-electron chi connectivity index (χ4n) is 2.84. The SMILES string of the molecule is CC(C)(C)OC(=O)O[C@H]1[C@H](F)[C@H](n2cnc3c(N)nc(C(F)(F)F)nc32)O[C@@H]1CO. The zero-order valence-corrected chi connectivity index (χ0v) is 16.1. The zero-order chi connectivity index (χ0) is 22.4. The number of nitrogens with two attached hydrogens (primary N) is 1. The molecule has 1 aliphatic rings. The van der Waals surface area contributed by atoms with Gasteiger partial charge in [0.15, 0.2) is 30.0 Å². The Bertz CT molecular complexity index is 944. The van der Waals surface area contributed by atoms with Crippen LogP contribution in [0.1, 0.15) is 32.8 Å². The van der Waals surface area contributed by atoms with Crippen molar-refractivity contribution in [1.82, 2.24) is 19.5 Å². The number of aliphatic hydroxyl groups is 1. The van der Waals surface area contributed by atoms with Crippen molar-refractivity contribution in [1.29, 1.82) is 0 Å².